The molecule has 0 fully saturated rings. The first-order valence-electron chi connectivity index (χ1n) is 16.7. The van der Waals surface area contributed by atoms with Crippen LogP contribution in [0.25, 0.3) is 11.1 Å². The molecule has 0 heterocycles. The number of alkyl halides is 3. The molecule has 0 atom stereocenters. The van der Waals surface area contributed by atoms with Crippen molar-refractivity contribution in [2.24, 2.45) is 0 Å². The fourth-order valence-electron chi connectivity index (χ4n) is 9.37. The summed E-state index contributed by atoms with van der Waals surface area (Å²) in [6.45, 7) is 17.4. The van der Waals surface area contributed by atoms with Crippen LogP contribution in [-0.2, 0) is 29.9 Å². The number of halogens is 5. The molecule has 2 aliphatic carbocycles. The molecule has 6 rings (SSSR count). The van der Waals surface area contributed by atoms with Crippen molar-refractivity contribution in [3.63, 3.8) is 0 Å². The van der Waals surface area contributed by atoms with E-state index in [0.717, 1.165) is 39.4 Å². The van der Waals surface area contributed by atoms with Crippen molar-refractivity contribution in [2.75, 3.05) is 0 Å². The number of hydrogen-bond acceptors (Lipinski definition) is 0. The Morgan fingerprint density at radius 1 is 0.625 bits per heavy atom. The molecule has 0 radical (unpaired) electrons. The molecular formula is C42H45Cl2F3Zr. The molecule has 0 saturated heterocycles. The molecule has 0 aliphatic heterocycles. The summed E-state index contributed by atoms with van der Waals surface area (Å²) in [5.41, 5.74) is 7.20. The molecule has 252 valence electrons. The predicted octanol–water partition coefficient (Wildman–Crippen LogP) is 12.1. The van der Waals surface area contributed by atoms with Crippen LogP contribution in [0.4, 0.5) is 13.2 Å². The maximum absolute atomic E-state index is 14.7. The molecule has 0 spiro atoms. The first-order chi connectivity index (χ1) is 21.9. The Morgan fingerprint density at radius 2 is 1.08 bits per heavy atom. The molecule has 2 aliphatic rings. The molecular weight excluding hydrogens is 724 g/mol. The van der Waals surface area contributed by atoms with Crippen LogP contribution in [0.15, 0.2) is 103 Å². The normalized spacial score (nSPS) is 17.8. The van der Waals surface area contributed by atoms with Crippen LogP contribution in [0.2, 0.25) is 3.63 Å². The van der Waals surface area contributed by atoms with E-state index in [1.54, 1.807) is 6.07 Å². The summed E-state index contributed by atoms with van der Waals surface area (Å²) in [6.07, 6.45) is 3.06. The van der Waals surface area contributed by atoms with Crippen molar-refractivity contribution in [2.45, 2.75) is 79.6 Å². The van der Waals surface area contributed by atoms with Crippen molar-refractivity contribution in [3.05, 3.63) is 142 Å². The molecule has 0 nitrogen and oxygen atoms in total. The van der Waals surface area contributed by atoms with Gasteiger partial charge in [0, 0.05) is 0 Å². The first kappa shape index (κ1) is 35.3. The van der Waals surface area contributed by atoms with E-state index in [4.69, 9.17) is 21.2 Å². The van der Waals surface area contributed by atoms with Crippen LogP contribution >= 0.6 is 17.0 Å². The molecule has 0 aromatic heterocycles. The van der Waals surface area contributed by atoms with E-state index >= 15 is 0 Å². The molecule has 0 N–H and O–H groups in total. The monoisotopic (exact) mass is 766 g/mol. The van der Waals surface area contributed by atoms with Crippen molar-refractivity contribution in [3.8, 4) is 11.1 Å². The molecule has 48 heavy (non-hydrogen) atoms. The summed E-state index contributed by atoms with van der Waals surface area (Å²) in [5, 5.41) is 0. The third-order valence-electron chi connectivity index (χ3n) is 11.7. The average molecular weight is 769 g/mol. The Hall–Kier alpha value is -2.52. The van der Waals surface area contributed by atoms with Gasteiger partial charge in [0.05, 0.1) is 0 Å². The Balaban J connectivity index is 1.95. The molecule has 4 aromatic carbocycles. The second-order valence-electron chi connectivity index (χ2n) is 17.0. The zero-order valence-electron chi connectivity index (χ0n) is 29.1. The molecule has 0 bridgehead atoms. The van der Waals surface area contributed by atoms with E-state index in [2.05, 4.69) is 79.7 Å². The summed E-state index contributed by atoms with van der Waals surface area (Å²) in [4.78, 5) is 0. The Bertz CT molecular complexity index is 2120. The van der Waals surface area contributed by atoms with Crippen molar-refractivity contribution < 1.29 is 26.1 Å². The molecule has 4 aromatic rings. The molecule has 0 unspecified atom stereocenters. The Morgan fingerprint density at radius 3 is 1.52 bits per heavy atom. The van der Waals surface area contributed by atoms with Crippen LogP contribution < -0.4 is 6.54 Å². The van der Waals surface area contributed by atoms with E-state index < -0.39 is 31.9 Å². The predicted molar refractivity (Wildman–Crippen MR) is 199 cm³/mol. The number of hydrogen-bond donors (Lipinski definition) is 0. The average Bonchev–Trinajstić information content (AvgIpc) is 3.64. The van der Waals surface area contributed by atoms with Gasteiger partial charge in [-0.3, -0.25) is 0 Å². The summed E-state index contributed by atoms with van der Waals surface area (Å²) in [5.74, 6) is 0. The summed E-state index contributed by atoms with van der Waals surface area (Å²) < 4.78 is 48.6. The third-order valence-corrected chi connectivity index (χ3v) is 44.7. The zero-order valence-corrected chi connectivity index (χ0v) is 33.0. The summed E-state index contributed by atoms with van der Waals surface area (Å²) in [7, 11) is 18.0. The third kappa shape index (κ3) is 4.47. The van der Waals surface area contributed by atoms with E-state index in [-0.39, 0.29) is 14.1 Å². The van der Waals surface area contributed by atoms with Crippen LogP contribution in [-0.4, -0.2) is 4.21 Å². The van der Waals surface area contributed by atoms with E-state index in [1.165, 1.54) is 23.3 Å². The molecule has 0 amide bonds. The maximum atomic E-state index is 14.7. The zero-order chi connectivity index (χ0) is 35.4. The van der Waals surface area contributed by atoms with E-state index in [1.807, 2.05) is 54.6 Å². The van der Waals surface area contributed by atoms with Crippen LogP contribution in [0, 0.1) is 13.8 Å². The standard InChI is InChI=1S/C23H29.C7H4F3.C6H5.C5H5.CH2.2ClH.Zr/c1-14-9-16-11-17-10-15(2)21(23(6,7)8)13-19(17)18(16)12-20(14)22(3,4)5;8-7(9,10)6-4-2-1-3-5-6;1-2-4-6-5-3-1;1-2-4-5-3-1;;;;/h9-13H,1-8H3;1-2,4-5H;1-5H;1-5H;1H2;2*1H;/q;;;;;;;+2/p-2. The summed E-state index contributed by atoms with van der Waals surface area (Å²) in [6, 6.07) is 23.7. The topological polar surface area (TPSA) is 0 Å². The van der Waals surface area contributed by atoms with E-state index in [0.29, 0.717) is 3.27 Å². The second kappa shape index (κ2) is 9.83. The quantitative estimate of drug-likeness (QED) is 0.194. The van der Waals surface area contributed by atoms with Gasteiger partial charge < -0.3 is 0 Å². The Labute approximate surface area is 284 Å². The van der Waals surface area contributed by atoms with Gasteiger partial charge in [0.1, 0.15) is 0 Å². The van der Waals surface area contributed by atoms with Crippen molar-refractivity contribution >= 4 is 27.8 Å². The molecule has 0 saturated carbocycles. The Kier molecular flexibility index (Phi) is 7.23. The van der Waals surface area contributed by atoms with Crippen LogP contribution in [0.3, 0.4) is 0 Å². The van der Waals surface area contributed by atoms with Crippen molar-refractivity contribution in [1.82, 2.24) is 0 Å². The number of fused-ring (bicyclic) bond motifs is 3. The van der Waals surface area contributed by atoms with Gasteiger partial charge in [-0.05, 0) is 0 Å². The summed E-state index contributed by atoms with van der Waals surface area (Å²) >= 11 is -7.67. The van der Waals surface area contributed by atoms with Crippen LogP contribution in [0.1, 0.15) is 84.1 Å². The van der Waals surface area contributed by atoms with Gasteiger partial charge in [-0.25, -0.2) is 0 Å². The van der Waals surface area contributed by atoms with Gasteiger partial charge in [0.2, 0.25) is 0 Å². The van der Waals surface area contributed by atoms with Gasteiger partial charge >= 0.3 is 287 Å². The van der Waals surface area contributed by atoms with Gasteiger partial charge in [-0.2, -0.15) is 0 Å². The fraction of sp³-hybridized carbons (Fsp3) is 0.310. The van der Waals surface area contributed by atoms with Gasteiger partial charge in [-0.15, -0.1) is 0 Å². The molecule has 6 heteroatoms. The van der Waals surface area contributed by atoms with E-state index in [9.17, 15) is 13.2 Å². The van der Waals surface area contributed by atoms with Gasteiger partial charge in [0.25, 0.3) is 0 Å². The van der Waals surface area contributed by atoms with Gasteiger partial charge in [0.15, 0.2) is 0 Å². The minimum absolute atomic E-state index is 0.162. The minimum atomic E-state index is -7.67. The fourth-order valence-corrected chi connectivity index (χ4v) is 37.3. The van der Waals surface area contributed by atoms with Crippen molar-refractivity contribution in [1.29, 1.82) is 0 Å². The first-order valence-corrected chi connectivity index (χ1v) is 30.0. The van der Waals surface area contributed by atoms with Gasteiger partial charge in [-0.1, -0.05) is 0 Å². The number of rotatable bonds is 4. The SMILES string of the molecule is [CH2]=[Zr]([Cl])([Cl])([c]1ccccc1)([c]1cccc(C(F)(F)F)c1)([CH]1C=CC=C1)[CH]1c2cc(C)c(C(C)(C)C)cc2-c2cc(C(C)(C)C)c(C)cc21. The second-order valence-corrected chi connectivity index (χ2v) is 52.7. The van der Waals surface area contributed by atoms with Crippen LogP contribution in [0.5, 0.6) is 0 Å². The number of allylic oxidation sites excluding steroid dienone is 4. The number of aryl methyl sites for hydroxylation is 2. The number of benzene rings is 4.